The highest BCUT2D eigenvalue weighted by molar-refractivity contribution is 5.97. The number of rotatable bonds is 3. The molecule has 0 atom stereocenters. The first kappa shape index (κ1) is 16.0. The molecular weight excluding hydrogens is 254 g/mol. The Labute approximate surface area is 120 Å². The number of nitrogens with one attached hydrogen (secondary N) is 3. The average Bonchev–Trinajstić information content (AvgIpc) is 2.25. The predicted molar refractivity (Wildman–Crippen MR) is 81.0 cm³/mol. The van der Waals surface area contributed by atoms with Gasteiger partial charge >= 0.3 is 6.03 Å². The van der Waals surface area contributed by atoms with Crippen LogP contribution in [0, 0.1) is 0 Å². The maximum absolute atomic E-state index is 12.0. The summed E-state index contributed by atoms with van der Waals surface area (Å²) >= 11 is 0. The Morgan fingerprint density at radius 3 is 2.35 bits per heavy atom. The Hall–Kier alpha value is -2.04. The molecule has 0 saturated carbocycles. The third-order valence-corrected chi connectivity index (χ3v) is 2.29. The van der Waals surface area contributed by atoms with E-state index >= 15 is 0 Å². The summed E-state index contributed by atoms with van der Waals surface area (Å²) in [7, 11) is 0. The van der Waals surface area contributed by atoms with Crippen LogP contribution in [-0.4, -0.2) is 23.5 Å². The zero-order chi connectivity index (χ0) is 15.3. The van der Waals surface area contributed by atoms with E-state index < -0.39 is 0 Å². The second-order valence-corrected chi connectivity index (χ2v) is 6.04. The van der Waals surface area contributed by atoms with E-state index in [4.69, 9.17) is 0 Å². The van der Waals surface area contributed by atoms with E-state index in [1.54, 1.807) is 24.3 Å². The van der Waals surface area contributed by atoms with E-state index in [9.17, 15) is 9.59 Å². The van der Waals surface area contributed by atoms with Crippen LogP contribution >= 0.6 is 0 Å². The Morgan fingerprint density at radius 1 is 1.15 bits per heavy atom. The molecule has 3 amide bonds. The molecule has 0 aliphatic carbocycles. The molecule has 0 heterocycles. The van der Waals surface area contributed by atoms with Crippen molar-refractivity contribution in [3.8, 4) is 0 Å². The molecule has 5 nitrogen and oxygen atoms in total. The third kappa shape index (κ3) is 5.73. The lowest BCUT2D eigenvalue weighted by Crippen LogP contribution is -2.40. The smallest absolute Gasteiger partial charge is 0.319 e. The van der Waals surface area contributed by atoms with Crippen LogP contribution in [0.5, 0.6) is 0 Å². The van der Waals surface area contributed by atoms with Gasteiger partial charge in [-0.1, -0.05) is 6.07 Å². The monoisotopic (exact) mass is 277 g/mol. The predicted octanol–water partition coefficient (Wildman–Crippen LogP) is 2.74. The van der Waals surface area contributed by atoms with Crippen molar-refractivity contribution in [2.45, 2.75) is 46.2 Å². The van der Waals surface area contributed by atoms with Crippen LogP contribution in [0.1, 0.15) is 45.0 Å². The molecule has 0 fully saturated rings. The van der Waals surface area contributed by atoms with Crippen LogP contribution < -0.4 is 16.0 Å². The van der Waals surface area contributed by atoms with Crippen LogP contribution in [0.15, 0.2) is 24.3 Å². The number of anilines is 1. The fraction of sp³-hybridized carbons (Fsp3) is 0.467. The number of hydrogen-bond acceptors (Lipinski definition) is 2. The molecule has 0 aromatic heterocycles. The minimum absolute atomic E-state index is 0.0578. The molecule has 1 rings (SSSR count). The van der Waals surface area contributed by atoms with Gasteiger partial charge in [-0.25, -0.2) is 4.79 Å². The van der Waals surface area contributed by atoms with E-state index in [0.717, 1.165) is 0 Å². The van der Waals surface area contributed by atoms with Gasteiger partial charge in [0.15, 0.2) is 0 Å². The Kier molecular flexibility index (Phi) is 5.13. The number of benzene rings is 1. The van der Waals surface area contributed by atoms with Crippen molar-refractivity contribution in [1.82, 2.24) is 10.6 Å². The van der Waals surface area contributed by atoms with Crippen molar-refractivity contribution in [3.63, 3.8) is 0 Å². The zero-order valence-electron chi connectivity index (χ0n) is 12.7. The number of carbonyl (C=O) groups excluding carboxylic acids is 2. The Balaban J connectivity index is 2.75. The van der Waals surface area contributed by atoms with Crippen LogP contribution in [0.3, 0.4) is 0 Å². The van der Waals surface area contributed by atoms with Crippen LogP contribution in [-0.2, 0) is 0 Å². The van der Waals surface area contributed by atoms with Gasteiger partial charge in [-0.05, 0) is 52.8 Å². The minimum atomic E-state index is -0.296. The number of carbonyl (C=O) groups is 2. The first-order valence-electron chi connectivity index (χ1n) is 6.67. The quantitative estimate of drug-likeness (QED) is 0.795. The largest absolute Gasteiger partial charge is 0.347 e. The van der Waals surface area contributed by atoms with E-state index in [0.29, 0.717) is 11.3 Å². The summed E-state index contributed by atoms with van der Waals surface area (Å²) in [5.74, 6) is -0.162. The van der Waals surface area contributed by atoms with Gasteiger partial charge in [-0.15, -0.1) is 0 Å². The summed E-state index contributed by atoms with van der Waals surface area (Å²) < 4.78 is 0. The Morgan fingerprint density at radius 2 is 1.80 bits per heavy atom. The van der Waals surface area contributed by atoms with E-state index in [-0.39, 0.29) is 23.5 Å². The SMILES string of the molecule is CC(C)NC(=O)Nc1cccc(C(=O)NC(C)(C)C)c1. The molecule has 0 spiro atoms. The molecule has 0 saturated heterocycles. The highest BCUT2D eigenvalue weighted by atomic mass is 16.2. The van der Waals surface area contributed by atoms with Crippen molar-refractivity contribution >= 4 is 17.6 Å². The molecule has 0 unspecified atom stereocenters. The molecule has 20 heavy (non-hydrogen) atoms. The van der Waals surface area contributed by atoms with Gasteiger partial charge in [0, 0.05) is 22.8 Å². The summed E-state index contributed by atoms with van der Waals surface area (Å²) in [5.41, 5.74) is 0.808. The third-order valence-electron chi connectivity index (χ3n) is 2.29. The lowest BCUT2D eigenvalue weighted by molar-refractivity contribution is 0.0919. The van der Waals surface area contributed by atoms with Crippen molar-refractivity contribution in [2.75, 3.05) is 5.32 Å². The summed E-state index contributed by atoms with van der Waals surface area (Å²) in [6.45, 7) is 9.52. The second kappa shape index (κ2) is 6.41. The fourth-order valence-electron chi connectivity index (χ4n) is 1.58. The molecule has 1 aromatic rings. The molecular formula is C15H23N3O2. The molecule has 0 aliphatic rings. The first-order valence-corrected chi connectivity index (χ1v) is 6.67. The van der Waals surface area contributed by atoms with E-state index in [2.05, 4.69) is 16.0 Å². The van der Waals surface area contributed by atoms with Crippen molar-refractivity contribution in [1.29, 1.82) is 0 Å². The lowest BCUT2D eigenvalue weighted by Gasteiger charge is -2.20. The van der Waals surface area contributed by atoms with Crippen molar-refractivity contribution in [2.24, 2.45) is 0 Å². The normalized spacial score (nSPS) is 11.1. The van der Waals surface area contributed by atoms with E-state index in [1.165, 1.54) is 0 Å². The Bertz CT molecular complexity index is 490. The lowest BCUT2D eigenvalue weighted by atomic mass is 10.1. The molecule has 0 aliphatic heterocycles. The topological polar surface area (TPSA) is 70.2 Å². The first-order chi connectivity index (χ1) is 9.17. The molecule has 110 valence electrons. The zero-order valence-corrected chi connectivity index (χ0v) is 12.7. The van der Waals surface area contributed by atoms with Gasteiger partial charge in [-0.3, -0.25) is 4.79 Å². The molecule has 1 aromatic carbocycles. The fourth-order valence-corrected chi connectivity index (χ4v) is 1.58. The van der Waals surface area contributed by atoms with Crippen molar-refractivity contribution < 1.29 is 9.59 Å². The molecule has 0 radical (unpaired) electrons. The van der Waals surface area contributed by atoms with Crippen molar-refractivity contribution in [3.05, 3.63) is 29.8 Å². The van der Waals surface area contributed by atoms with Gasteiger partial charge < -0.3 is 16.0 Å². The number of amides is 3. The van der Waals surface area contributed by atoms with Crippen LogP contribution in [0.25, 0.3) is 0 Å². The minimum Gasteiger partial charge on any atom is -0.347 e. The van der Waals surface area contributed by atoms with Crippen LogP contribution in [0.4, 0.5) is 10.5 Å². The van der Waals surface area contributed by atoms with Crippen LogP contribution in [0.2, 0.25) is 0 Å². The number of hydrogen-bond donors (Lipinski definition) is 3. The van der Waals surface area contributed by atoms with Gasteiger partial charge in [0.1, 0.15) is 0 Å². The molecule has 3 N–H and O–H groups in total. The maximum atomic E-state index is 12.0. The summed E-state index contributed by atoms with van der Waals surface area (Å²) in [6.07, 6.45) is 0. The molecule has 0 bridgehead atoms. The van der Waals surface area contributed by atoms with Gasteiger partial charge in [0.05, 0.1) is 0 Å². The van der Waals surface area contributed by atoms with E-state index in [1.807, 2.05) is 34.6 Å². The summed E-state index contributed by atoms with van der Waals surface area (Å²) in [4.78, 5) is 23.6. The summed E-state index contributed by atoms with van der Waals surface area (Å²) in [6, 6.07) is 6.62. The highest BCUT2D eigenvalue weighted by Gasteiger charge is 2.15. The second-order valence-electron chi connectivity index (χ2n) is 6.04. The summed E-state index contributed by atoms with van der Waals surface area (Å²) in [5, 5.41) is 8.31. The molecule has 5 heteroatoms. The maximum Gasteiger partial charge on any atom is 0.319 e. The van der Waals surface area contributed by atoms with Gasteiger partial charge in [0.2, 0.25) is 0 Å². The standard InChI is InChI=1S/C15H23N3O2/c1-10(2)16-14(20)17-12-8-6-7-11(9-12)13(19)18-15(3,4)5/h6-10H,1-5H3,(H,18,19)(H2,16,17,20). The van der Waals surface area contributed by atoms with Gasteiger partial charge in [-0.2, -0.15) is 0 Å². The highest BCUT2D eigenvalue weighted by Crippen LogP contribution is 2.12. The van der Waals surface area contributed by atoms with Gasteiger partial charge in [0.25, 0.3) is 5.91 Å². The average molecular weight is 277 g/mol. The number of urea groups is 1.